The topological polar surface area (TPSA) is 46.2 Å². The van der Waals surface area contributed by atoms with Crippen LogP contribution in [-0.4, -0.2) is 11.7 Å². The van der Waals surface area contributed by atoms with Crippen molar-refractivity contribution in [2.24, 2.45) is 5.73 Å². The summed E-state index contributed by atoms with van der Waals surface area (Å²) in [5, 5.41) is 8.68. The van der Waals surface area contributed by atoms with E-state index in [2.05, 4.69) is 6.58 Å². The van der Waals surface area contributed by atoms with E-state index in [0.29, 0.717) is 11.3 Å². The van der Waals surface area contributed by atoms with Gasteiger partial charge in [0.05, 0.1) is 6.61 Å². The van der Waals surface area contributed by atoms with Crippen LogP contribution >= 0.6 is 0 Å². The van der Waals surface area contributed by atoms with Crippen LogP contribution < -0.4 is 5.73 Å². The summed E-state index contributed by atoms with van der Waals surface area (Å²) in [4.78, 5) is 0. The van der Waals surface area contributed by atoms with Gasteiger partial charge in [0.25, 0.3) is 0 Å². The predicted octanol–water partition coefficient (Wildman–Crippen LogP) is 0.954. The number of nitrogens with two attached hydrogens (primary N) is 1. The fourth-order valence-corrected chi connectivity index (χ4v) is 0.474. The molecule has 0 bridgehead atoms. The fraction of sp³-hybridized carbons (Fsp3) is 0.250. The molecule has 0 aromatic carbocycles. The first-order valence-electron chi connectivity index (χ1n) is 3.09. The maximum atomic E-state index is 8.68. The van der Waals surface area contributed by atoms with Gasteiger partial charge in [0, 0.05) is 5.70 Å². The normalized spacial score (nSPS) is 12.4. The molecule has 3 N–H and O–H groups in total. The molecule has 0 atom stereocenters. The highest BCUT2D eigenvalue weighted by Crippen LogP contribution is 1.99. The number of aliphatic hydroxyl groups excluding tert-OH is 1. The average Bonchev–Trinajstić information content (AvgIpc) is 1.89. The second-order valence-corrected chi connectivity index (χ2v) is 1.90. The summed E-state index contributed by atoms with van der Waals surface area (Å²) in [7, 11) is 0. The van der Waals surface area contributed by atoms with Crippen LogP contribution in [0.1, 0.15) is 6.92 Å². The molecule has 0 heterocycles. The lowest BCUT2D eigenvalue weighted by molar-refractivity contribution is 0.333. The van der Waals surface area contributed by atoms with E-state index < -0.39 is 0 Å². The molecule has 10 heavy (non-hydrogen) atoms. The van der Waals surface area contributed by atoms with Gasteiger partial charge in [-0.1, -0.05) is 24.8 Å². The first kappa shape index (κ1) is 8.98. The third-order valence-corrected chi connectivity index (χ3v) is 1.07. The smallest absolute Gasteiger partial charge is 0.0701 e. The molecule has 0 saturated carbocycles. The Morgan fingerprint density at radius 1 is 1.70 bits per heavy atom. The van der Waals surface area contributed by atoms with Crippen LogP contribution in [0.4, 0.5) is 0 Å². The molecular weight excluding hydrogens is 126 g/mol. The predicted molar refractivity (Wildman–Crippen MR) is 43.3 cm³/mol. The van der Waals surface area contributed by atoms with E-state index in [1.165, 1.54) is 0 Å². The molecule has 0 aromatic rings. The first-order valence-corrected chi connectivity index (χ1v) is 3.09. The Morgan fingerprint density at radius 3 is 2.60 bits per heavy atom. The summed E-state index contributed by atoms with van der Waals surface area (Å²) in [5.74, 6) is 0. The van der Waals surface area contributed by atoms with Gasteiger partial charge in [-0.05, 0) is 12.5 Å². The second kappa shape index (κ2) is 4.82. The Morgan fingerprint density at radius 2 is 2.30 bits per heavy atom. The van der Waals surface area contributed by atoms with Crippen molar-refractivity contribution in [3.63, 3.8) is 0 Å². The van der Waals surface area contributed by atoms with E-state index in [9.17, 15) is 0 Å². The molecule has 2 nitrogen and oxygen atoms in total. The molecule has 0 aliphatic rings. The Balaban J connectivity index is 4.18. The number of hydrogen-bond acceptors (Lipinski definition) is 2. The minimum Gasteiger partial charge on any atom is -0.399 e. The Bertz CT molecular complexity index is 168. The number of rotatable bonds is 3. The third kappa shape index (κ3) is 3.10. The summed E-state index contributed by atoms with van der Waals surface area (Å²) >= 11 is 0. The molecule has 0 saturated heterocycles. The van der Waals surface area contributed by atoms with Gasteiger partial charge in [-0.2, -0.15) is 0 Å². The highest BCUT2D eigenvalue weighted by Gasteiger charge is 1.92. The maximum Gasteiger partial charge on any atom is 0.0701 e. The SMILES string of the molecule is C=C(N)/C(=C\C=C/C)CO. The molecule has 0 unspecified atom stereocenters. The van der Waals surface area contributed by atoms with E-state index in [0.717, 1.165) is 0 Å². The quantitative estimate of drug-likeness (QED) is 0.572. The van der Waals surface area contributed by atoms with Crippen molar-refractivity contribution in [2.45, 2.75) is 6.92 Å². The third-order valence-electron chi connectivity index (χ3n) is 1.07. The van der Waals surface area contributed by atoms with E-state index in [4.69, 9.17) is 10.8 Å². The Hall–Kier alpha value is -1.02. The lowest BCUT2D eigenvalue weighted by atomic mass is 10.2. The van der Waals surface area contributed by atoms with Crippen LogP contribution in [0.15, 0.2) is 36.1 Å². The summed E-state index contributed by atoms with van der Waals surface area (Å²) in [6, 6.07) is 0. The second-order valence-electron chi connectivity index (χ2n) is 1.90. The molecule has 0 aliphatic carbocycles. The molecule has 0 spiro atoms. The van der Waals surface area contributed by atoms with Gasteiger partial charge in [-0.3, -0.25) is 0 Å². The van der Waals surface area contributed by atoms with E-state index in [-0.39, 0.29) is 6.61 Å². The van der Waals surface area contributed by atoms with Crippen LogP contribution in [0.25, 0.3) is 0 Å². The Kier molecular flexibility index (Phi) is 4.33. The summed E-state index contributed by atoms with van der Waals surface area (Å²) < 4.78 is 0. The first-order chi connectivity index (χ1) is 4.72. The largest absolute Gasteiger partial charge is 0.399 e. The number of allylic oxidation sites excluding steroid dienone is 3. The highest BCUT2D eigenvalue weighted by molar-refractivity contribution is 5.29. The fourth-order valence-electron chi connectivity index (χ4n) is 0.474. The van der Waals surface area contributed by atoms with Gasteiger partial charge in [0.15, 0.2) is 0 Å². The van der Waals surface area contributed by atoms with Gasteiger partial charge in [-0.25, -0.2) is 0 Å². The molecule has 0 aliphatic heterocycles. The Labute approximate surface area is 61.4 Å². The van der Waals surface area contributed by atoms with Gasteiger partial charge in [0.2, 0.25) is 0 Å². The van der Waals surface area contributed by atoms with Crippen LogP contribution in [-0.2, 0) is 0 Å². The monoisotopic (exact) mass is 139 g/mol. The average molecular weight is 139 g/mol. The molecular formula is C8H13NO. The van der Waals surface area contributed by atoms with Crippen LogP contribution in [0.3, 0.4) is 0 Å². The zero-order valence-electron chi connectivity index (χ0n) is 6.17. The molecule has 2 heteroatoms. The van der Waals surface area contributed by atoms with E-state index in [1.807, 2.05) is 19.1 Å². The van der Waals surface area contributed by atoms with Crippen molar-refractivity contribution in [1.29, 1.82) is 0 Å². The number of aliphatic hydroxyl groups is 1. The van der Waals surface area contributed by atoms with E-state index >= 15 is 0 Å². The molecule has 0 radical (unpaired) electrons. The molecule has 0 aromatic heterocycles. The standard InChI is InChI=1S/C8H13NO/c1-3-4-5-8(6-10)7(2)9/h3-5,10H,2,6,9H2,1H3/b4-3-,8-5-. The summed E-state index contributed by atoms with van der Waals surface area (Å²) in [6.07, 6.45) is 5.41. The lowest BCUT2D eigenvalue weighted by Gasteiger charge is -1.98. The minimum atomic E-state index is -0.0559. The van der Waals surface area contributed by atoms with Gasteiger partial charge < -0.3 is 10.8 Å². The maximum absolute atomic E-state index is 8.68. The van der Waals surface area contributed by atoms with Crippen LogP contribution in [0.5, 0.6) is 0 Å². The highest BCUT2D eigenvalue weighted by atomic mass is 16.3. The van der Waals surface area contributed by atoms with Crippen molar-refractivity contribution in [3.05, 3.63) is 36.1 Å². The molecule has 0 fully saturated rings. The van der Waals surface area contributed by atoms with Gasteiger partial charge in [0.1, 0.15) is 0 Å². The molecule has 0 rings (SSSR count). The van der Waals surface area contributed by atoms with Crippen molar-refractivity contribution in [1.82, 2.24) is 0 Å². The van der Waals surface area contributed by atoms with Gasteiger partial charge >= 0.3 is 0 Å². The van der Waals surface area contributed by atoms with Crippen molar-refractivity contribution in [3.8, 4) is 0 Å². The summed E-state index contributed by atoms with van der Waals surface area (Å²) in [5.41, 5.74) is 6.41. The zero-order valence-corrected chi connectivity index (χ0v) is 6.17. The van der Waals surface area contributed by atoms with Crippen molar-refractivity contribution in [2.75, 3.05) is 6.61 Å². The lowest BCUT2D eigenvalue weighted by Crippen LogP contribution is -2.02. The molecule has 0 amide bonds. The zero-order chi connectivity index (χ0) is 7.98. The van der Waals surface area contributed by atoms with Gasteiger partial charge in [-0.15, -0.1) is 0 Å². The molecule has 56 valence electrons. The van der Waals surface area contributed by atoms with Crippen LogP contribution in [0.2, 0.25) is 0 Å². The van der Waals surface area contributed by atoms with Crippen LogP contribution in [0, 0.1) is 0 Å². The van der Waals surface area contributed by atoms with Crippen molar-refractivity contribution < 1.29 is 5.11 Å². The van der Waals surface area contributed by atoms with Crippen molar-refractivity contribution >= 4 is 0 Å². The van der Waals surface area contributed by atoms with E-state index in [1.54, 1.807) is 6.08 Å². The number of hydrogen-bond donors (Lipinski definition) is 2. The summed E-state index contributed by atoms with van der Waals surface area (Å²) in [6.45, 7) is 5.33. The minimum absolute atomic E-state index is 0.0559.